The van der Waals surface area contributed by atoms with Crippen LogP contribution in [0.5, 0.6) is 11.5 Å². The Hall–Kier alpha value is -3.30. The highest BCUT2D eigenvalue weighted by Crippen LogP contribution is 2.35. The molecule has 0 atom stereocenters. The van der Waals surface area contributed by atoms with Crippen LogP contribution >= 0.6 is 23.4 Å². The minimum absolute atomic E-state index is 0.108. The lowest BCUT2D eigenvalue weighted by atomic mass is 10.1. The second-order valence-corrected chi connectivity index (χ2v) is 8.11. The average molecular weight is 454 g/mol. The van der Waals surface area contributed by atoms with Crippen LogP contribution in [0.2, 0.25) is 5.02 Å². The van der Waals surface area contributed by atoms with Crippen LogP contribution < -0.4 is 14.8 Å². The number of thioether (sulfide) groups is 1. The van der Waals surface area contributed by atoms with Crippen molar-refractivity contribution >= 4 is 34.9 Å². The molecule has 0 saturated heterocycles. The Kier molecular flexibility index (Phi) is 5.35. The number of nitrogens with one attached hydrogen (secondary N) is 1. The number of halogens is 1. The topological polar surface area (TPSA) is 90.6 Å². The molecule has 2 aromatic heterocycles. The summed E-state index contributed by atoms with van der Waals surface area (Å²) in [7, 11) is 0. The highest BCUT2D eigenvalue weighted by atomic mass is 35.5. The van der Waals surface area contributed by atoms with E-state index >= 15 is 0 Å². The lowest BCUT2D eigenvalue weighted by Crippen LogP contribution is -2.24. The Morgan fingerprint density at radius 3 is 2.77 bits per heavy atom. The third-order valence-electron chi connectivity index (χ3n) is 4.64. The highest BCUT2D eigenvalue weighted by Gasteiger charge is 2.16. The van der Waals surface area contributed by atoms with E-state index in [9.17, 15) is 4.79 Å². The highest BCUT2D eigenvalue weighted by molar-refractivity contribution is 7.99. The zero-order chi connectivity index (χ0) is 21.2. The van der Waals surface area contributed by atoms with Crippen LogP contribution in [0.25, 0.3) is 16.9 Å². The van der Waals surface area contributed by atoms with Crippen LogP contribution in [0, 0.1) is 0 Å². The summed E-state index contributed by atoms with van der Waals surface area (Å²) >= 11 is 7.16. The van der Waals surface area contributed by atoms with Gasteiger partial charge in [0.15, 0.2) is 17.1 Å². The van der Waals surface area contributed by atoms with E-state index in [0.717, 1.165) is 22.6 Å². The van der Waals surface area contributed by atoms with E-state index in [4.69, 9.17) is 21.1 Å². The van der Waals surface area contributed by atoms with Gasteiger partial charge in [0.05, 0.1) is 11.4 Å². The number of carbonyl (C=O) groups is 1. The fourth-order valence-corrected chi connectivity index (χ4v) is 3.90. The summed E-state index contributed by atoms with van der Waals surface area (Å²) < 4.78 is 12.4. The van der Waals surface area contributed by atoms with Crippen molar-refractivity contribution in [1.29, 1.82) is 0 Å². The third-order valence-corrected chi connectivity index (χ3v) is 5.81. The van der Waals surface area contributed by atoms with Crippen molar-refractivity contribution in [2.24, 2.45) is 0 Å². The molecule has 1 aliphatic heterocycles. The summed E-state index contributed by atoms with van der Waals surface area (Å²) in [5, 5.41) is 17.0. The van der Waals surface area contributed by atoms with E-state index in [2.05, 4.69) is 20.6 Å². The summed E-state index contributed by atoms with van der Waals surface area (Å²) in [5.74, 6) is 1.50. The van der Waals surface area contributed by atoms with Gasteiger partial charge in [0.25, 0.3) is 0 Å². The van der Waals surface area contributed by atoms with Gasteiger partial charge in [0.2, 0.25) is 17.9 Å². The minimum atomic E-state index is -0.108. The molecule has 0 bridgehead atoms. The molecule has 0 saturated carbocycles. The molecule has 8 nitrogen and oxygen atoms in total. The van der Waals surface area contributed by atoms with Gasteiger partial charge >= 0.3 is 0 Å². The van der Waals surface area contributed by atoms with Crippen molar-refractivity contribution < 1.29 is 14.3 Å². The monoisotopic (exact) mass is 453 g/mol. The van der Waals surface area contributed by atoms with Crippen molar-refractivity contribution in [3.8, 4) is 22.8 Å². The molecule has 1 amide bonds. The summed E-state index contributed by atoms with van der Waals surface area (Å²) in [6, 6.07) is 16.7. The van der Waals surface area contributed by atoms with Crippen molar-refractivity contribution in [2.75, 3.05) is 12.5 Å². The number of hydrogen-bond acceptors (Lipinski definition) is 7. The zero-order valence-electron chi connectivity index (χ0n) is 16.1. The molecule has 10 heteroatoms. The first-order valence-electron chi connectivity index (χ1n) is 9.42. The predicted molar refractivity (Wildman–Crippen MR) is 116 cm³/mol. The molecule has 0 spiro atoms. The van der Waals surface area contributed by atoms with Crippen molar-refractivity contribution in [2.45, 2.75) is 11.7 Å². The Bertz CT molecular complexity index is 1260. The maximum atomic E-state index is 12.2. The summed E-state index contributed by atoms with van der Waals surface area (Å²) in [6.07, 6.45) is 0. The minimum Gasteiger partial charge on any atom is -0.454 e. The molecular weight excluding hydrogens is 438 g/mol. The second kappa shape index (κ2) is 8.44. The average Bonchev–Trinajstić information content (AvgIpc) is 3.43. The first-order chi connectivity index (χ1) is 15.2. The van der Waals surface area contributed by atoms with E-state index in [-0.39, 0.29) is 18.5 Å². The first-order valence-corrected chi connectivity index (χ1v) is 10.8. The standard InChI is InChI=1S/C21H16ClN5O3S/c22-15-4-1-13(2-5-15)10-23-20(28)11-31-21-25-24-19-8-6-16(26-27(19)21)14-3-7-17-18(9-14)30-12-29-17/h1-9H,10-12H2,(H,23,28). The molecule has 5 rings (SSSR count). The Balaban J connectivity index is 1.27. The van der Waals surface area contributed by atoms with Gasteiger partial charge in [0.1, 0.15) is 0 Å². The number of amides is 1. The Morgan fingerprint density at radius 1 is 1.06 bits per heavy atom. The number of aromatic nitrogens is 4. The van der Waals surface area contributed by atoms with Crippen molar-refractivity contribution in [3.63, 3.8) is 0 Å². The van der Waals surface area contributed by atoms with Gasteiger partial charge in [-0.25, -0.2) is 0 Å². The van der Waals surface area contributed by atoms with Gasteiger partial charge in [-0.05, 0) is 48.0 Å². The molecule has 0 unspecified atom stereocenters. The smallest absolute Gasteiger partial charge is 0.231 e. The van der Waals surface area contributed by atoms with Gasteiger partial charge in [-0.1, -0.05) is 35.5 Å². The number of carbonyl (C=O) groups excluding carboxylic acids is 1. The lowest BCUT2D eigenvalue weighted by Gasteiger charge is -2.06. The lowest BCUT2D eigenvalue weighted by molar-refractivity contribution is -0.118. The van der Waals surface area contributed by atoms with Gasteiger partial charge in [-0.2, -0.15) is 9.61 Å². The van der Waals surface area contributed by atoms with E-state index in [1.54, 1.807) is 16.6 Å². The van der Waals surface area contributed by atoms with Crippen molar-refractivity contribution in [3.05, 3.63) is 65.2 Å². The summed E-state index contributed by atoms with van der Waals surface area (Å²) in [6.45, 7) is 0.654. The molecule has 2 aromatic carbocycles. The maximum Gasteiger partial charge on any atom is 0.231 e. The second-order valence-electron chi connectivity index (χ2n) is 6.73. The van der Waals surface area contributed by atoms with E-state index in [0.29, 0.717) is 28.1 Å². The predicted octanol–water partition coefficient (Wildman–Crippen LogP) is 3.58. The fraction of sp³-hybridized carbons (Fsp3) is 0.143. The molecule has 31 heavy (non-hydrogen) atoms. The van der Waals surface area contributed by atoms with Gasteiger partial charge in [-0.3, -0.25) is 4.79 Å². The van der Waals surface area contributed by atoms with Crippen LogP contribution in [0.1, 0.15) is 5.56 Å². The van der Waals surface area contributed by atoms with Gasteiger partial charge < -0.3 is 14.8 Å². The number of hydrogen-bond donors (Lipinski definition) is 1. The molecule has 1 aliphatic rings. The number of benzene rings is 2. The largest absolute Gasteiger partial charge is 0.454 e. The van der Waals surface area contributed by atoms with Crippen LogP contribution in [0.3, 0.4) is 0 Å². The maximum absolute atomic E-state index is 12.2. The number of nitrogens with zero attached hydrogens (tertiary/aromatic N) is 4. The molecule has 0 radical (unpaired) electrons. The summed E-state index contributed by atoms with van der Waals surface area (Å²) in [5.41, 5.74) is 3.20. The van der Waals surface area contributed by atoms with Gasteiger partial charge in [-0.15, -0.1) is 10.2 Å². The molecule has 1 N–H and O–H groups in total. The molecule has 156 valence electrons. The van der Waals surface area contributed by atoms with Gasteiger partial charge in [0, 0.05) is 17.1 Å². The van der Waals surface area contributed by atoms with Crippen LogP contribution in [0.4, 0.5) is 0 Å². The third kappa shape index (κ3) is 4.28. The number of ether oxygens (including phenoxy) is 2. The molecule has 0 fully saturated rings. The van der Waals surface area contributed by atoms with E-state index in [1.165, 1.54) is 11.8 Å². The molecular formula is C21H16ClN5O3S. The number of rotatable bonds is 6. The van der Waals surface area contributed by atoms with Crippen LogP contribution in [-0.4, -0.2) is 38.3 Å². The molecule has 0 aliphatic carbocycles. The Labute approximate surface area is 186 Å². The van der Waals surface area contributed by atoms with E-state index < -0.39 is 0 Å². The summed E-state index contributed by atoms with van der Waals surface area (Å²) in [4.78, 5) is 12.2. The SMILES string of the molecule is O=C(CSc1nnc2ccc(-c3ccc4c(c3)OCO4)nn12)NCc1ccc(Cl)cc1. The van der Waals surface area contributed by atoms with E-state index in [1.807, 2.05) is 42.5 Å². The van der Waals surface area contributed by atoms with Crippen molar-refractivity contribution in [1.82, 2.24) is 25.1 Å². The molecule has 4 aromatic rings. The fourth-order valence-electron chi connectivity index (χ4n) is 3.05. The Morgan fingerprint density at radius 2 is 1.90 bits per heavy atom. The number of fused-ring (bicyclic) bond motifs is 2. The molecule has 3 heterocycles. The van der Waals surface area contributed by atoms with Crippen LogP contribution in [-0.2, 0) is 11.3 Å². The van der Waals surface area contributed by atoms with Crippen LogP contribution in [0.15, 0.2) is 59.8 Å². The normalized spacial score (nSPS) is 12.3. The first kappa shape index (κ1) is 19.7. The quantitative estimate of drug-likeness (QED) is 0.446. The zero-order valence-corrected chi connectivity index (χ0v) is 17.7.